The minimum absolute atomic E-state index is 0.0163. The maximum atomic E-state index is 15.3. The monoisotopic (exact) mass is 998 g/mol. The number of guanidine groups is 1. The topological polar surface area (TPSA) is 274 Å². The molecule has 9 rings (SSSR count). The molecule has 1 aromatic heterocycles. The van der Waals surface area contributed by atoms with Gasteiger partial charge in [0.05, 0.1) is 47.7 Å². The molecular weight excluding hydrogens is 915 g/mol. The number of aliphatic hydroxyl groups excluding tert-OH is 4. The predicted octanol–water partition coefficient (Wildman–Crippen LogP) is 4.54. The second-order valence-electron chi connectivity index (χ2n) is 24.6. The summed E-state index contributed by atoms with van der Waals surface area (Å²) >= 11 is 0. The fraction of sp³-hybridized carbons (Fsp3) is 0.754. The molecule has 21 atom stereocenters. The Kier molecular flexibility index (Phi) is 14.6. The van der Waals surface area contributed by atoms with Crippen LogP contribution >= 0.6 is 0 Å². The number of hydrogen-bond donors (Lipinski definition) is 10. The van der Waals surface area contributed by atoms with Gasteiger partial charge in [0.2, 0.25) is 0 Å². The van der Waals surface area contributed by atoms with E-state index < -0.39 is 94.1 Å². The number of Topliss-reactive ketones (excluding diaryl/α,β-unsaturated/α-hetero) is 2. The minimum atomic E-state index is -1.90. The first kappa shape index (κ1) is 52.8. The Morgan fingerprint density at radius 2 is 1.79 bits per heavy atom. The van der Waals surface area contributed by atoms with E-state index >= 15 is 4.79 Å². The van der Waals surface area contributed by atoms with Gasteiger partial charge in [-0.1, -0.05) is 45.3 Å². The first-order chi connectivity index (χ1) is 34.1. The first-order valence-electron chi connectivity index (χ1n) is 27.3. The first-order valence-corrected chi connectivity index (χ1v) is 27.3. The molecule has 0 bridgehead atoms. The van der Waals surface area contributed by atoms with Gasteiger partial charge in [0.1, 0.15) is 12.1 Å². The Bertz CT molecular complexity index is 2380. The number of rotatable bonds is 10. The molecule has 12 N–H and O–H groups in total. The van der Waals surface area contributed by atoms with Crippen LogP contribution in [0.3, 0.4) is 0 Å². The van der Waals surface area contributed by atoms with Crippen molar-refractivity contribution in [1.82, 2.24) is 10.3 Å². The minimum Gasteiger partial charge on any atom is -0.462 e. The lowest BCUT2D eigenvalue weighted by atomic mass is 9.44. The molecule has 2 heterocycles. The number of ether oxygens (including phenoxy) is 1. The van der Waals surface area contributed by atoms with Gasteiger partial charge in [0.25, 0.3) is 0 Å². The van der Waals surface area contributed by atoms with E-state index in [-0.39, 0.29) is 98.4 Å². The standard InChI is InChI=1S/C57H83N5O10/c1-7-44-46(47(52(69)72-44)35-16-19-60-27-35)33-9-8-10-34-25-57(71)48-39(54(5)26-43(66)42(65)24-40(54)50(68)49(48)62-41(28-63)31(4)64)15-17-56(57,18-20-61-53(58)59)51(34)55(6,70)45(67)22-30(3)36-14-13-32-12-11-29(2)21-37(32)38(36)23-33/h13,16,19,27,29-30,33-34,36-47,51,60,62-63,65-67,70-71H,7,10-12,14-15,17-18,20-26,28H2,1-6H3,(H4,58,59,61)/t29-,30+,33-,34-,36-,37+,38+,39-,40-,41-,42+,43-,44+,45+,46+,47-,51+,54+,55-,56-,57+/m0/s1. The zero-order valence-corrected chi connectivity index (χ0v) is 43.4. The summed E-state index contributed by atoms with van der Waals surface area (Å²) in [5, 5.41) is 76.9. The highest BCUT2D eigenvalue weighted by atomic mass is 16.6. The van der Waals surface area contributed by atoms with Crippen LogP contribution in [-0.4, -0.2) is 114 Å². The third kappa shape index (κ3) is 8.69. The Labute approximate surface area is 425 Å². The number of aromatic nitrogens is 1. The largest absolute Gasteiger partial charge is 0.462 e. The van der Waals surface area contributed by atoms with Crippen molar-refractivity contribution >= 4 is 23.5 Å². The SMILES string of the molecule is CC[C@H]1OC(=O)[C@@H](c2cc[nH]c2)[C@@H]1[C@H]1C#CC[C@H]2C[C@@]3(O)C4=C(N[C@@H](CO)C(C)=O)C(=O)[C@@H]5C[C@@H](O)[C@@H](O)C[C@]5(C)[C@H]4CC[C@]3(CCN=C(N)N)[C@H]2[C@@](C)(O)[C@H](O)C[C@@H](C)[C@@H]2CC=C3CC[C@H](C)C[C@H]3[C@@H]2C1. The van der Waals surface area contributed by atoms with Crippen LogP contribution < -0.4 is 16.8 Å². The zero-order valence-electron chi connectivity index (χ0n) is 43.4. The summed E-state index contributed by atoms with van der Waals surface area (Å²) in [6.07, 6.45) is 9.12. The molecule has 1 aliphatic heterocycles. The van der Waals surface area contributed by atoms with Crippen LogP contribution in [0.15, 0.2) is 46.4 Å². The second-order valence-corrected chi connectivity index (χ2v) is 24.6. The van der Waals surface area contributed by atoms with E-state index in [1.165, 1.54) is 12.5 Å². The number of carbonyl (C=O) groups excluding carboxylic acids is 3. The molecule has 396 valence electrons. The van der Waals surface area contributed by atoms with Crippen LogP contribution in [0.25, 0.3) is 0 Å². The van der Waals surface area contributed by atoms with Gasteiger partial charge in [-0.05, 0) is 161 Å². The maximum absolute atomic E-state index is 15.3. The van der Waals surface area contributed by atoms with E-state index in [1.54, 1.807) is 6.92 Å². The van der Waals surface area contributed by atoms with Crippen LogP contribution in [0.2, 0.25) is 0 Å². The van der Waals surface area contributed by atoms with Crippen LogP contribution in [0.1, 0.15) is 143 Å². The molecule has 7 aliphatic carbocycles. The smallest absolute Gasteiger partial charge is 0.314 e. The number of esters is 1. The predicted molar refractivity (Wildman–Crippen MR) is 271 cm³/mol. The summed E-state index contributed by atoms with van der Waals surface area (Å²) in [5.41, 5.74) is 8.78. The summed E-state index contributed by atoms with van der Waals surface area (Å²) < 4.78 is 6.26. The van der Waals surface area contributed by atoms with Crippen molar-refractivity contribution in [2.24, 2.45) is 92.4 Å². The number of ketones is 2. The van der Waals surface area contributed by atoms with Crippen LogP contribution in [-0.2, 0) is 19.1 Å². The van der Waals surface area contributed by atoms with Crippen molar-refractivity contribution in [2.45, 2.75) is 179 Å². The van der Waals surface area contributed by atoms with Gasteiger partial charge in [-0.3, -0.25) is 19.4 Å². The number of fused-ring (bicyclic) bond motifs is 10. The average Bonchev–Trinajstić information content (AvgIpc) is 4.04. The van der Waals surface area contributed by atoms with Crippen molar-refractivity contribution in [2.75, 3.05) is 13.2 Å². The number of cyclic esters (lactones) is 1. The quantitative estimate of drug-likeness (QED) is 0.0508. The molecule has 15 nitrogen and oxygen atoms in total. The summed E-state index contributed by atoms with van der Waals surface area (Å²) in [7, 11) is 0. The van der Waals surface area contributed by atoms with Crippen molar-refractivity contribution in [3.8, 4) is 11.8 Å². The number of aliphatic imine (C=N–C) groups is 1. The number of nitrogens with zero attached hydrogens (tertiary/aromatic N) is 1. The molecule has 0 amide bonds. The van der Waals surface area contributed by atoms with Crippen molar-refractivity contribution in [3.05, 3.63) is 46.9 Å². The normalized spacial score (nSPS) is 45.3. The van der Waals surface area contributed by atoms with Gasteiger partial charge in [0, 0.05) is 54.4 Å². The van der Waals surface area contributed by atoms with E-state index in [2.05, 4.69) is 54.0 Å². The summed E-state index contributed by atoms with van der Waals surface area (Å²) in [6, 6.07) is 0.768. The van der Waals surface area contributed by atoms with Crippen molar-refractivity contribution in [3.63, 3.8) is 0 Å². The molecule has 4 saturated carbocycles. The van der Waals surface area contributed by atoms with E-state index in [0.29, 0.717) is 36.7 Å². The average molecular weight is 998 g/mol. The molecular formula is C57H83N5O10. The van der Waals surface area contributed by atoms with Gasteiger partial charge >= 0.3 is 5.97 Å². The number of nitrogens with two attached hydrogens (primary N) is 2. The van der Waals surface area contributed by atoms with E-state index in [1.807, 2.05) is 25.4 Å². The highest BCUT2D eigenvalue weighted by Crippen LogP contribution is 2.72. The van der Waals surface area contributed by atoms with E-state index in [4.69, 9.17) is 16.2 Å². The second kappa shape index (κ2) is 19.9. The van der Waals surface area contributed by atoms with Crippen LogP contribution in [0.4, 0.5) is 0 Å². The molecule has 1 aromatic rings. The Morgan fingerprint density at radius 3 is 2.47 bits per heavy atom. The maximum Gasteiger partial charge on any atom is 0.314 e. The molecule has 0 spiro atoms. The number of H-pyrrole nitrogens is 1. The molecule has 8 aliphatic rings. The Morgan fingerprint density at radius 1 is 1.03 bits per heavy atom. The number of aliphatic hydroxyl groups is 6. The van der Waals surface area contributed by atoms with Gasteiger partial charge < -0.3 is 57.1 Å². The summed E-state index contributed by atoms with van der Waals surface area (Å²) in [6.45, 7) is 11.0. The van der Waals surface area contributed by atoms with Gasteiger partial charge in [-0.2, -0.15) is 0 Å². The number of aromatic amines is 1. The molecule has 15 heteroatoms. The number of nitrogens with one attached hydrogen (secondary N) is 2. The fourth-order valence-corrected chi connectivity index (χ4v) is 17.3. The molecule has 0 unspecified atom stereocenters. The fourth-order valence-electron chi connectivity index (χ4n) is 17.3. The molecule has 5 fully saturated rings. The number of carbonyl (C=O) groups is 3. The molecule has 0 aromatic carbocycles. The van der Waals surface area contributed by atoms with Crippen LogP contribution in [0, 0.1) is 87.8 Å². The van der Waals surface area contributed by atoms with E-state index in [9.17, 15) is 40.2 Å². The highest BCUT2D eigenvalue weighted by molar-refractivity contribution is 6.00. The third-order valence-electron chi connectivity index (χ3n) is 20.7. The lowest BCUT2D eigenvalue weighted by Crippen LogP contribution is -2.66. The summed E-state index contributed by atoms with van der Waals surface area (Å²) in [5.74, 6) is 3.65. The van der Waals surface area contributed by atoms with Gasteiger partial charge in [-0.25, -0.2) is 0 Å². The molecule has 72 heavy (non-hydrogen) atoms. The Balaban J connectivity index is 1.24. The lowest BCUT2D eigenvalue weighted by molar-refractivity contribution is -0.190. The van der Waals surface area contributed by atoms with E-state index in [0.717, 1.165) is 37.7 Å². The van der Waals surface area contributed by atoms with Gasteiger partial charge in [0.15, 0.2) is 17.5 Å². The van der Waals surface area contributed by atoms with Crippen LogP contribution in [0.5, 0.6) is 0 Å². The highest BCUT2D eigenvalue weighted by Gasteiger charge is 2.74. The summed E-state index contributed by atoms with van der Waals surface area (Å²) in [4.78, 5) is 50.1. The number of allylic oxidation sites excluding steroid dienone is 3. The van der Waals surface area contributed by atoms with Crippen molar-refractivity contribution < 1.29 is 49.8 Å². The Hall–Kier alpha value is -4.04. The number of hydrogen-bond acceptors (Lipinski definition) is 12. The zero-order chi connectivity index (χ0) is 51.8. The molecule has 1 saturated heterocycles. The lowest BCUT2D eigenvalue weighted by Gasteiger charge is -2.62. The molecule has 0 radical (unpaired) electrons. The van der Waals surface area contributed by atoms with Crippen molar-refractivity contribution in [1.29, 1.82) is 0 Å². The third-order valence-corrected chi connectivity index (χ3v) is 20.7. The van der Waals surface area contributed by atoms with Gasteiger partial charge in [-0.15, -0.1) is 5.92 Å².